The van der Waals surface area contributed by atoms with Gasteiger partial charge in [-0.1, -0.05) is 37.3 Å². The van der Waals surface area contributed by atoms with Gasteiger partial charge in [0.25, 0.3) is 10.0 Å². The Bertz CT molecular complexity index is 1360. The molecule has 1 atom stereocenters. The molecule has 0 saturated heterocycles. The molecule has 214 valence electrons. The molecule has 0 aromatic heterocycles. The number of sulfonamides is 1. The van der Waals surface area contributed by atoms with Gasteiger partial charge in [-0.2, -0.15) is 0 Å². The van der Waals surface area contributed by atoms with Crippen LogP contribution in [0.1, 0.15) is 32.8 Å². The Hall–Kier alpha value is -4.05. The van der Waals surface area contributed by atoms with Crippen molar-refractivity contribution in [1.82, 2.24) is 10.2 Å². The summed E-state index contributed by atoms with van der Waals surface area (Å²) in [6.45, 7) is 5.12. The number of para-hydroxylation sites is 1. The van der Waals surface area contributed by atoms with Crippen LogP contribution in [0.15, 0.2) is 83.8 Å². The summed E-state index contributed by atoms with van der Waals surface area (Å²) in [5.41, 5.74) is 1.10. The smallest absolute Gasteiger partial charge is 0.264 e. The third kappa shape index (κ3) is 7.53. The lowest BCUT2D eigenvalue weighted by molar-refractivity contribution is -0.140. The van der Waals surface area contributed by atoms with E-state index in [1.54, 1.807) is 61.7 Å². The SMILES string of the molecule is CCC(C(=O)NC(C)C)N(Cc1ccc(OC)cc1)C(=O)CN(c1ccccc1)S(=O)(=O)c1ccc(OC)cc1. The summed E-state index contributed by atoms with van der Waals surface area (Å²) in [6.07, 6.45) is 0.344. The predicted molar refractivity (Wildman–Crippen MR) is 155 cm³/mol. The molecule has 40 heavy (non-hydrogen) atoms. The van der Waals surface area contributed by atoms with Gasteiger partial charge < -0.3 is 19.7 Å². The first-order chi connectivity index (χ1) is 19.1. The van der Waals surface area contributed by atoms with E-state index >= 15 is 0 Å². The Morgan fingerprint density at radius 3 is 1.90 bits per heavy atom. The summed E-state index contributed by atoms with van der Waals surface area (Å²) < 4.78 is 39.2. The second-order valence-electron chi connectivity index (χ2n) is 9.48. The van der Waals surface area contributed by atoms with Crippen LogP contribution in [0.25, 0.3) is 0 Å². The average molecular weight is 568 g/mol. The Kier molecular flexibility index (Phi) is 10.6. The van der Waals surface area contributed by atoms with Gasteiger partial charge in [0.15, 0.2) is 0 Å². The van der Waals surface area contributed by atoms with Crippen molar-refractivity contribution in [1.29, 1.82) is 0 Å². The molecule has 3 aromatic rings. The molecule has 0 fully saturated rings. The average Bonchev–Trinajstić information content (AvgIpc) is 2.96. The number of carbonyl (C=O) groups excluding carboxylic acids is 2. The lowest BCUT2D eigenvalue weighted by Crippen LogP contribution is -2.53. The van der Waals surface area contributed by atoms with E-state index in [4.69, 9.17) is 9.47 Å². The van der Waals surface area contributed by atoms with Crippen LogP contribution in [0.4, 0.5) is 5.69 Å². The number of amides is 2. The quantitative estimate of drug-likeness (QED) is 0.332. The zero-order valence-corrected chi connectivity index (χ0v) is 24.4. The molecule has 0 heterocycles. The number of methoxy groups -OCH3 is 2. The van der Waals surface area contributed by atoms with Gasteiger partial charge in [-0.25, -0.2) is 8.42 Å². The third-order valence-corrected chi connectivity index (χ3v) is 8.09. The topological polar surface area (TPSA) is 105 Å². The van der Waals surface area contributed by atoms with E-state index in [9.17, 15) is 18.0 Å². The number of hydrogen-bond acceptors (Lipinski definition) is 6. The number of nitrogens with one attached hydrogen (secondary N) is 1. The van der Waals surface area contributed by atoms with Gasteiger partial charge in [0.2, 0.25) is 11.8 Å². The number of carbonyl (C=O) groups is 2. The zero-order valence-electron chi connectivity index (χ0n) is 23.5. The minimum Gasteiger partial charge on any atom is -0.497 e. The van der Waals surface area contributed by atoms with Crippen LogP contribution in [0.5, 0.6) is 11.5 Å². The largest absolute Gasteiger partial charge is 0.497 e. The zero-order chi connectivity index (χ0) is 29.3. The predicted octanol–water partition coefficient (Wildman–Crippen LogP) is 4.23. The number of anilines is 1. The minimum absolute atomic E-state index is 0.0104. The van der Waals surface area contributed by atoms with Gasteiger partial charge in [-0.05, 0) is 74.4 Å². The van der Waals surface area contributed by atoms with Crippen molar-refractivity contribution in [2.75, 3.05) is 25.1 Å². The van der Waals surface area contributed by atoms with E-state index in [2.05, 4.69) is 5.32 Å². The molecule has 10 heteroatoms. The number of nitrogens with zero attached hydrogens (tertiary/aromatic N) is 2. The fourth-order valence-electron chi connectivity index (χ4n) is 4.23. The highest BCUT2D eigenvalue weighted by molar-refractivity contribution is 7.92. The standard InChI is InChI=1S/C30H37N3O6S/c1-6-28(30(35)31-22(2)3)32(20-23-12-14-25(38-4)15-13-23)29(34)21-33(24-10-8-7-9-11-24)40(36,37)27-18-16-26(39-5)17-19-27/h7-19,22,28H,6,20-21H2,1-5H3,(H,31,35). The second-order valence-corrected chi connectivity index (χ2v) is 11.3. The fraction of sp³-hybridized carbons (Fsp3) is 0.333. The molecule has 0 bridgehead atoms. The maximum absolute atomic E-state index is 14.0. The normalized spacial score (nSPS) is 11.9. The molecule has 0 aliphatic rings. The van der Waals surface area contributed by atoms with E-state index in [1.807, 2.05) is 32.9 Å². The van der Waals surface area contributed by atoms with Crippen LogP contribution >= 0.6 is 0 Å². The van der Waals surface area contributed by atoms with Crippen LogP contribution in [0, 0.1) is 0 Å². The van der Waals surface area contributed by atoms with Crippen molar-refractivity contribution < 1.29 is 27.5 Å². The van der Waals surface area contributed by atoms with Crippen LogP contribution in [0.3, 0.4) is 0 Å². The molecule has 1 N–H and O–H groups in total. The summed E-state index contributed by atoms with van der Waals surface area (Å²) in [6, 6.07) is 20.7. The van der Waals surface area contributed by atoms with E-state index in [0.29, 0.717) is 23.6 Å². The highest BCUT2D eigenvalue weighted by atomic mass is 32.2. The van der Waals surface area contributed by atoms with E-state index in [1.165, 1.54) is 24.1 Å². The third-order valence-electron chi connectivity index (χ3n) is 6.30. The lowest BCUT2D eigenvalue weighted by Gasteiger charge is -2.33. The molecule has 3 rings (SSSR count). The van der Waals surface area contributed by atoms with Crippen LogP contribution in [0.2, 0.25) is 0 Å². The molecule has 1 unspecified atom stereocenters. The van der Waals surface area contributed by atoms with E-state index in [-0.39, 0.29) is 23.4 Å². The van der Waals surface area contributed by atoms with Crippen LogP contribution in [-0.4, -0.2) is 58.0 Å². The lowest BCUT2D eigenvalue weighted by atomic mass is 10.1. The summed E-state index contributed by atoms with van der Waals surface area (Å²) in [4.78, 5) is 28.7. The highest BCUT2D eigenvalue weighted by Gasteiger charge is 2.33. The molecule has 0 spiro atoms. The summed E-state index contributed by atoms with van der Waals surface area (Å²) in [5.74, 6) is 0.354. The number of rotatable bonds is 13. The highest BCUT2D eigenvalue weighted by Crippen LogP contribution is 2.26. The molecule has 2 amide bonds. The molecule has 9 nitrogen and oxygen atoms in total. The Balaban J connectivity index is 2.03. The van der Waals surface area contributed by atoms with Crippen molar-refractivity contribution in [3.63, 3.8) is 0 Å². The van der Waals surface area contributed by atoms with E-state index in [0.717, 1.165) is 9.87 Å². The van der Waals surface area contributed by atoms with Gasteiger partial charge in [0.05, 0.1) is 24.8 Å². The maximum atomic E-state index is 14.0. The molecule has 0 saturated carbocycles. The number of hydrogen-bond donors (Lipinski definition) is 1. The van der Waals surface area contributed by atoms with Gasteiger partial charge in [0, 0.05) is 12.6 Å². The van der Waals surface area contributed by atoms with Crippen molar-refractivity contribution in [2.45, 2.75) is 50.7 Å². The number of benzene rings is 3. The molecule has 0 radical (unpaired) electrons. The molecule has 0 aliphatic heterocycles. The van der Waals surface area contributed by atoms with Gasteiger partial charge in [-0.15, -0.1) is 0 Å². The van der Waals surface area contributed by atoms with Crippen molar-refractivity contribution in [3.8, 4) is 11.5 Å². The molecular weight excluding hydrogens is 530 g/mol. The second kappa shape index (κ2) is 13.8. The van der Waals surface area contributed by atoms with Crippen molar-refractivity contribution in [3.05, 3.63) is 84.4 Å². The first kappa shape index (κ1) is 30.5. The van der Waals surface area contributed by atoms with E-state index < -0.39 is 28.5 Å². The summed E-state index contributed by atoms with van der Waals surface area (Å²) in [5, 5.41) is 2.89. The minimum atomic E-state index is -4.15. The van der Waals surface area contributed by atoms with Crippen molar-refractivity contribution in [2.24, 2.45) is 0 Å². The Morgan fingerprint density at radius 1 is 0.850 bits per heavy atom. The van der Waals surface area contributed by atoms with Gasteiger partial charge >= 0.3 is 0 Å². The first-order valence-electron chi connectivity index (χ1n) is 13.0. The fourth-order valence-corrected chi connectivity index (χ4v) is 5.64. The molecule has 0 aliphatic carbocycles. The van der Waals surface area contributed by atoms with Crippen LogP contribution in [-0.2, 0) is 26.2 Å². The van der Waals surface area contributed by atoms with Crippen molar-refractivity contribution >= 4 is 27.5 Å². The summed E-state index contributed by atoms with van der Waals surface area (Å²) in [7, 11) is -1.09. The summed E-state index contributed by atoms with van der Waals surface area (Å²) >= 11 is 0. The number of ether oxygens (including phenoxy) is 2. The molecule has 3 aromatic carbocycles. The molecular formula is C30H37N3O6S. The monoisotopic (exact) mass is 567 g/mol. The Labute approximate surface area is 236 Å². The van der Waals surface area contributed by atoms with Gasteiger partial charge in [0.1, 0.15) is 24.1 Å². The maximum Gasteiger partial charge on any atom is 0.264 e. The van der Waals surface area contributed by atoms with Crippen LogP contribution < -0.4 is 19.1 Å². The first-order valence-corrected chi connectivity index (χ1v) is 14.5. The Morgan fingerprint density at radius 2 is 1.40 bits per heavy atom. The van der Waals surface area contributed by atoms with Gasteiger partial charge in [-0.3, -0.25) is 13.9 Å².